The van der Waals surface area contributed by atoms with Crippen LogP contribution in [0.3, 0.4) is 0 Å². The Kier molecular flexibility index (Phi) is 4.14. The molecule has 0 aliphatic heterocycles. The number of hydrogen-bond acceptors (Lipinski definition) is 2. The number of nitrogens with one attached hydrogen (secondary N) is 1. The van der Waals surface area contributed by atoms with Gasteiger partial charge >= 0.3 is 0 Å². The van der Waals surface area contributed by atoms with Crippen molar-refractivity contribution >= 4 is 0 Å². The molecule has 2 heteroatoms. The molecule has 0 aromatic rings. The van der Waals surface area contributed by atoms with Crippen molar-refractivity contribution in [3.63, 3.8) is 0 Å². The summed E-state index contributed by atoms with van der Waals surface area (Å²) in [5.41, 5.74) is 3.80. The van der Waals surface area contributed by atoms with E-state index in [0.29, 0.717) is 5.92 Å². The van der Waals surface area contributed by atoms with Crippen molar-refractivity contribution in [1.82, 2.24) is 5.48 Å². The van der Waals surface area contributed by atoms with Crippen molar-refractivity contribution in [2.24, 2.45) is 5.92 Å². The molecule has 0 saturated heterocycles. The first-order valence-corrected chi connectivity index (χ1v) is 3.14. The first-order valence-electron chi connectivity index (χ1n) is 3.14. The van der Waals surface area contributed by atoms with E-state index in [4.69, 9.17) is 0 Å². The SMILES string of the molecule is CON/C(C)=C/C(C)C. The number of hydrogen-bond donors (Lipinski definition) is 1. The number of rotatable bonds is 3. The molecule has 0 aromatic carbocycles. The van der Waals surface area contributed by atoms with Gasteiger partial charge < -0.3 is 0 Å². The van der Waals surface area contributed by atoms with Gasteiger partial charge in [-0.15, -0.1) is 0 Å². The third-order valence-electron chi connectivity index (χ3n) is 0.846. The summed E-state index contributed by atoms with van der Waals surface area (Å²) in [4.78, 5) is 4.69. The monoisotopic (exact) mass is 129 g/mol. The van der Waals surface area contributed by atoms with Crippen LogP contribution in [0.2, 0.25) is 0 Å². The maximum absolute atomic E-state index is 4.69. The summed E-state index contributed by atoms with van der Waals surface area (Å²) >= 11 is 0. The standard InChI is InChI=1S/C7H15NO/c1-6(2)5-7(3)8-9-4/h5-6,8H,1-4H3/b7-5+. The van der Waals surface area contributed by atoms with Crippen LogP contribution in [0.15, 0.2) is 11.8 Å². The van der Waals surface area contributed by atoms with Crippen LogP contribution in [0.1, 0.15) is 20.8 Å². The van der Waals surface area contributed by atoms with Crippen molar-refractivity contribution in [2.75, 3.05) is 7.11 Å². The molecule has 0 spiro atoms. The Bertz CT molecular complexity index is 97.1. The molecule has 0 bridgehead atoms. The van der Waals surface area contributed by atoms with Crippen molar-refractivity contribution in [2.45, 2.75) is 20.8 Å². The molecule has 0 unspecified atom stereocenters. The van der Waals surface area contributed by atoms with E-state index < -0.39 is 0 Å². The van der Waals surface area contributed by atoms with Crippen LogP contribution in [-0.4, -0.2) is 7.11 Å². The molecular weight excluding hydrogens is 114 g/mol. The molecule has 1 N–H and O–H groups in total. The van der Waals surface area contributed by atoms with Gasteiger partial charge in [0.15, 0.2) is 0 Å². The summed E-state index contributed by atoms with van der Waals surface area (Å²) in [6, 6.07) is 0. The van der Waals surface area contributed by atoms with Crippen molar-refractivity contribution in [3.05, 3.63) is 11.8 Å². The van der Waals surface area contributed by atoms with Crippen LogP contribution in [0.25, 0.3) is 0 Å². The number of allylic oxidation sites excluding steroid dienone is 2. The van der Waals surface area contributed by atoms with E-state index in [9.17, 15) is 0 Å². The largest absolute Gasteiger partial charge is 0.280 e. The highest BCUT2D eigenvalue weighted by Crippen LogP contribution is 1.97. The lowest BCUT2D eigenvalue weighted by Crippen LogP contribution is -2.08. The van der Waals surface area contributed by atoms with Crippen LogP contribution >= 0.6 is 0 Å². The molecule has 0 heterocycles. The van der Waals surface area contributed by atoms with Crippen LogP contribution in [0.4, 0.5) is 0 Å². The van der Waals surface area contributed by atoms with Gasteiger partial charge in [0, 0.05) is 5.70 Å². The predicted molar refractivity (Wildman–Crippen MR) is 38.7 cm³/mol. The summed E-state index contributed by atoms with van der Waals surface area (Å²) in [6.07, 6.45) is 2.10. The highest BCUT2D eigenvalue weighted by molar-refractivity contribution is 4.94. The maximum atomic E-state index is 4.69. The van der Waals surface area contributed by atoms with E-state index in [2.05, 4.69) is 30.2 Å². The molecule has 54 valence electrons. The van der Waals surface area contributed by atoms with E-state index >= 15 is 0 Å². The normalized spacial score (nSPS) is 12.3. The lowest BCUT2D eigenvalue weighted by Gasteiger charge is -2.03. The minimum absolute atomic E-state index is 0.577. The molecule has 2 nitrogen and oxygen atoms in total. The van der Waals surface area contributed by atoms with Gasteiger partial charge in [0.1, 0.15) is 0 Å². The molecule has 0 saturated carbocycles. The molecule has 9 heavy (non-hydrogen) atoms. The lowest BCUT2D eigenvalue weighted by molar-refractivity contribution is 0.117. The Morgan fingerprint density at radius 3 is 2.44 bits per heavy atom. The maximum Gasteiger partial charge on any atom is 0.0636 e. The third-order valence-corrected chi connectivity index (χ3v) is 0.846. The summed E-state index contributed by atoms with van der Waals surface area (Å²) in [6.45, 7) is 6.23. The first kappa shape index (κ1) is 8.50. The Morgan fingerprint density at radius 1 is 1.56 bits per heavy atom. The Hall–Kier alpha value is -0.500. The molecule has 0 atom stereocenters. The fourth-order valence-corrected chi connectivity index (χ4v) is 0.695. The predicted octanol–water partition coefficient (Wildman–Crippen LogP) is 1.70. The quantitative estimate of drug-likeness (QED) is 0.585. The smallest absolute Gasteiger partial charge is 0.0636 e. The molecule has 0 rings (SSSR count). The molecule has 0 aliphatic rings. The molecule has 0 aliphatic carbocycles. The molecular formula is C7H15NO. The third kappa shape index (κ3) is 5.37. The molecule has 0 amide bonds. The van der Waals surface area contributed by atoms with Crippen molar-refractivity contribution in [3.8, 4) is 0 Å². The second-order valence-corrected chi connectivity index (χ2v) is 2.40. The van der Waals surface area contributed by atoms with Gasteiger partial charge in [-0.05, 0) is 12.8 Å². The minimum Gasteiger partial charge on any atom is -0.280 e. The van der Waals surface area contributed by atoms with E-state index in [1.54, 1.807) is 7.11 Å². The van der Waals surface area contributed by atoms with Crippen LogP contribution in [-0.2, 0) is 4.84 Å². The Labute approximate surface area is 56.9 Å². The van der Waals surface area contributed by atoms with Crippen molar-refractivity contribution < 1.29 is 4.84 Å². The molecule has 0 aromatic heterocycles. The zero-order chi connectivity index (χ0) is 7.28. The fourth-order valence-electron chi connectivity index (χ4n) is 0.695. The minimum atomic E-state index is 0.577. The van der Waals surface area contributed by atoms with E-state index in [0.717, 1.165) is 5.70 Å². The van der Waals surface area contributed by atoms with Gasteiger partial charge in [-0.2, -0.15) is 0 Å². The van der Waals surface area contributed by atoms with E-state index in [-0.39, 0.29) is 0 Å². The summed E-state index contributed by atoms with van der Waals surface area (Å²) in [5, 5.41) is 0. The Balaban J connectivity index is 3.55. The second-order valence-electron chi connectivity index (χ2n) is 2.40. The highest BCUT2D eigenvalue weighted by Gasteiger charge is 1.87. The topological polar surface area (TPSA) is 21.3 Å². The van der Waals surface area contributed by atoms with E-state index in [1.165, 1.54) is 0 Å². The first-order chi connectivity index (χ1) is 4.16. The fraction of sp³-hybridized carbons (Fsp3) is 0.714. The highest BCUT2D eigenvalue weighted by atomic mass is 16.6. The summed E-state index contributed by atoms with van der Waals surface area (Å²) in [7, 11) is 1.61. The average molecular weight is 129 g/mol. The van der Waals surface area contributed by atoms with Gasteiger partial charge in [0.2, 0.25) is 0 Å². The average Bonchev–Trinajstić information content (AvgIpc) is 1.63. The van der Waals surface area contributed by atoms with Gasteiger partial charge in [-0.25, -0.2) is 0 Å². The number of hydroxylamine groups is 1. The lowest BCUT2D eigenvalue weighted by atomic mass is 10.2. The van der Waals surface area contributed by atoms with Crippen LogP contribution < -0.4 is 5.48 Å². The summed E-state index contributed by atoms with van der Waals surface area (Å²) in [5.74, 6) is 0.577. The Morgan fingerprint density at radius 2 is 2.11 bits per heavy atom. The van der Waals surface area contributed by atoms with Crippen LogP contribution in [0.5, 0.6) is 0 Å². The summed E-state index contributed by atoms with van der Waals surface area (Å²) < 4.78 is 0. The van der Waals surface area contributed by atoms with Gasteiger partial charge in [0.25, 0.3) is 0 Å². The van der Waals surface area contributed by atoms with Gasteiger partial charge in [-0.1, -0.05) is 19.9 Å². The second kappa shape index (κ2) is 4.39. The van der Waals surface area contributed by atoms with Crippen molar-refractivity contribution in [1.29, 1.82) is 0 Å². The molecule has 0 fully saturated rings. The van der Waals surface area contributed by atoms with E-state index in [1.807, 2.05) is 6.92 Å². The van der Waals surface area contributed by atoms with Gasteiger partial charge in [0.05, 0.1) is 7.11 Å². The van der Waals surface area contributed by atoms with Crippen LogP contribution in [0, 0.1) is 5.92 Å². The molecule has 0 radical (unpaired) electrons. The zero-order valence-electron chi connectivity index (χ0n) is 6.56. The van der Waals surface area contributed by atoms with Gasteiger partial charge in [-0.3, -0.25) is 10.3 Å². The zero-order valence-corrected chi connectivity index (χ0v) is 6.56.